The number of amides is 2. The van der Waals surface area contributed by atoms with Crippen molar-refractivity contribution in [2.75, 3.05) is 25.1 Å². The van der Waals surface area contributed by atoms with Gasteiger partial charge in [-0.25, -0.2) is 9.18 Å². The number of para-hydroxylation sites is 1. The van der Waals surface area contributed by atoms with E-state index in [1.165, 1.54) is 30.2 Å². The average Bonchev–Trinajstić information content (AvgIpc) is 2.89. The molecule has 0 aromatic heterocycles. The number of benzene rings is 1. The van der Waals surface area contributed by atoms with Gasteiger partial charge in [-0.3, -0.25) is 9.59 Å². The number of carboxylic acid groups (broad SMARTS) is 1. The summed E-state index contributed by atoms with van der Waals surface area (Å²) >= 11 is 0. The van der Waals surface area contributed by atoms with Gasteiger partial charge in [0.15, 0.2) is 6.10 Å². The number of hydrogen-bond donors (Lipinski definition) is 2. The van der Waals surface area contributed by atoms with Gasteiger partial charge in [0.05, 0.1) is 18.2 Å². The van der Waals surface area contributed by atoms with Crippen molar-refractivity contribution < 1.29 is 28.6 Å². The van der Waals surface area contributed by atoms with Crippen LogP contribution in [-0.2, 0) is 19.1 Å². The van der Waals surface area contributed by atoms with Crippen molar-refractivity contribution >= 4 is 23.5 Å². The normalized spacial score (nSPS) is 18.8. The first-order valence-electron chi connectivity index (χ1n) is 7.02. The Labute approximate surface area is 132 Å². The molecule has 0 spiro atoms. The summed E-state index contributed by atoms with van der Waals surface area (Å²) in [5, 5.41) is 11.3. The number of anilines is 1. The zero-order chi connectivity index (χ0) is 17.0. The molecule has 2 N–H and O–H groups in total. The number of carbonyl (C=O) groups excluding carboxylic acids is 2. The lowest BCUT2D eigenvalue weighted by molar-refractivity contribution is -0.148. The highest BCUT2D eigenvalue weighted by Crippen LogP contribution is 2.27. The monoisotopic (exact) mass is 324 g/mol. The van der Waals surface area contributed by atoms with Crippen molar-refractivity contribution in [2.24, 2.45) is 5.92 Å². The molecule has 2 rings (SSSR count). The van der Waals surface area contributed by atoms with E-state index in [2.05, 4.69) is 5.32 Å². The minimum absolute atomic E-state index is 0.0507. The molecule has 1 heterocycles. The van der Waals surface area contributed by atoms with Crippen molar-refractivity contribution in [3.05, 3.63) is 30.1 Å². The zero-order valence-electron chi connectivity index (χ0n) is 12.5. The summed E-state index contributed by atoms with van der Waals surface area (Å²) in [7, 11) is 1.23. The topological polar surface area (TPSA) is 95.9 Å². The Kier molecular flexibility index (Phi) is 5.28. The maximum Gasteiger partial charge on any atom is 0.334 e. The number of ether oxygens (including phenoxy) is 1. The first-order chi connectivity index (χ1) is 10.9. The second-order valence-electron chi connectivity index (χ2n) is 5.16. The van der Waals surface area contributed by atoms with Gasteiger partial charge in [0, 0.05) is 20.1 Å². The molecule has 8 heteroatoms. The number of carbonyl (C=O) groups is 3. The van der Waals surface area contributed by atoms with Gasteiger partial charge in [-0.2, -0.15) is 0 Å². The van der Waals surface area contributed by atoms with Crippen molar-refractivity contribution in [2.45, 2.75) is 12.5 Å². The van der Waals surface area contributed by atoms with Crippen LogP contribution in [0.5, 0.6) is 0 Å². The van der Waals surface area contributed by atoms with E-state index < -0.39 is 29.7 Å². The van der Waals surface area contributed by atoms with E-state index in [1.54, 1.807) is 6.07 Å². The molecule has 7 nitrogen and oxygen atoms in total. The Morgan fingerprint density at radius 2 is 2.17 bits per heavy atom. The maximum atomic E-state index is 13.8. The van der Waals surface area contributed by atoms with Crippen LogP contribution in [0.2, 0.25) is 0 Å². The number of hydrogen-bond acceptors (Lipinski definition) is 4. The highest BCUT2D eigenvalue weighted by Gasteiger charge is 2.36. The summed E-state index contributed by atoms with van der Waals surface area (Å²) in [4.78, 5) is 36.1. The minimum Gasteiger partial charge on any atom is -0.479 e. The molecule has 1 aliphatic heterocycles. The maximum absolute atomic E-state index is 13.8. The molecule has 1 fully saturated rings. The van der Waals surface area contributed by atoms with Gasteiger partial charge in [-0.05, 0) is 12.1 Å². The number of carboxylic acids is 1. The standard InChI is InChI=1S/C15H17FN2O5/c1-23-12(15(21)22)7-17-14(20)9-6-13(19)18(8-9)11-5-3-2-4-10(11)16/h2-5,9,12H,6-8H2,1H3,(H,17,20)(H,21,22). The van der Waals surface area contributed by atoms with E-state index in [4.69, 9.17) is 9.84 Å². The molecular weight excluding hydrogens is 307 g/mol. The van der Waals surface area contributed by atoms with E-state index in [-0.39, 0.29) is 31.1 Å². The summed E-state index contributed by atoms with van der Waals surface area (Å²) in [5.74, 6) is -3.19. The van der Waals surface area contributed by atoms with Gasteiger partial charge in [-0.1, -0.05) is 12.1 Å². The van der Waals surface area contributed by atoms with Gasteiger partial charge < -0.3 is 20.1 Å². The summed E-state index contributed by atoms with van der Waals surface area (Å²) in [5.41, 5.74) is 0.133. The second-order valence-corrected chi connectivity index (χ2v) is 5.16. The van der Waals surface area contributed by atoms with Crippen molar-refractivity contribution in [3.8, 4) is 0 Å². The highest BCUT2D eigenvalue weighted by atomic mass is 19.1. The molecule has 0 bridgehead atoms. The second kappa shape index (κ2) is 7.19. The third-order valence-corrected chi connectivity index (χ3v) is 3.66. The zero-order valence-corrected chi connectivity index (χ0v) is 12.5. The third-order valence-electron chi connectivity index (χ3n) is 3.66. The molecule has 2 atom stereocenters. The Morgan fingerprint density at radius 1 is 1.48 bits per heavy atom. The summed E-state index contributed by atoms with van der Waals surface area (Å²) < 4.78 is 18.5. The first kappa shape index (κ1) is 16.9. The molecule has 2 unspecified atom stereocenters. The predicted molar refractivity (Wildman–Crippen MR) is 78.3 cm³/mol. The lowest BCUT2D eigenvalue weighted by atomic mass is 10.1. The number of nitrogens with one attached hydrogen (secondary N) is 1. The predicted octanol–water partition coefficient (Wildman–Crippen LogP) is 0.394. The Balaban J connectivity index is 1.98. The van der Waals surface area contributed by atoms with Crippen molar-refractivity contribution in [3.63, 3.8) is 0 Å². The van der Waals surface area contributed by atoms with Crippen LogP contribution in [0, 0.1) is 11.7 Å². The lowest BCUT2D eigenvalue weighted by Crippen LogP contribution is -2.41. The third kappa shape index (κ3) is 3.84. The van der Waals surface area contributed by atoms with E-state index in [0.29, 0.717) is 0 Å². The van der Waals surface area contributed by atoms with Crippen LogP contribution in [0.4, 0.5) is 10.1 Å². The minimum atomic E-state index is -1.19. The molecule has 0 aliphatic carbocycles. The summed E-state index contributed by atoms with van der Waals surface area (Å²) in [6.07, 6.45) is -1.20. The van der Waals surface area contributed by atoms with E-state index in [9.17, 15) is 18.8 Å². The van der Waals surface area contributed by atoms with Crippen LogP contribution >= 0.6 is 0 Å². The van der Waals surface area contributed by atoms with Gasteiger partial charge in [0.2, 0.25) is 11.8 Å². The molecule has 0 saturated carbocycles. The van der Waals surface area contributed by atoms with Gasteiger partial charge in [0.1, 0.15) is 5.82 Å². The van der Waals surface area contributed by atoms with Crippen LogP contribution in [0.25, 0.3) is 0 Å². The quantitative estimate of drug-likeness (QED) is 0.789. The first-order valence-corrected chi connectivity index (χ1v) is 7.02. The van der Waals surface area contributed by atoms with E-state index in [1.807, 2.05) is 0 Å². The van der Waals surface area contributed by atoms with Crippen LogP contribution in [-0.4, -0.2) is 49.2 Å². The van der Waals surface area contributed by atoms with Crippen molar-refractivity contribution in [1.82, 2.24) is 5.32 Å². The van der Waals surface area contributed by atoms with Crippen LogP contribution in [0.1, 0.15) is 6.42 Å². The fraction of sp³-hybridized carbons (Fsp3) is 0.400. The van der Waals surface area contributed by atoms with Crippen LogP contribution in [0.15, 0.2) is 24.3 Å². The average molecular weight is 324 g/mol. The molecule has 0 radical (unpaired) electrons. The number of halogens is 1. The summed E-state index contributed by atoms with van der Waals surface area (Å²) in [6, 6.07) is 5.83. The largest absolute Gasteiger partial charge is 0.479 e. The van der Waals surface area contributed by atoms with E-state index >= 15 is 0 Å². The molecular formula is C15H17FN2O5. The smallest absolute Gasteiger partial charge is 0.334 e. The number of rotatable bonds is 6. The SMILES string of the molecule is COC(CNC(=O)C1CC(=O)N(c2ccccc2F)C1)C(=O)O. The highest BCUT2D eigenvalue weighted by molar-refractivity contribution is 6.00. The molecule has 1 saturated heterocycles. The van der Waals surface area contributed by atoms with E-state index in [0.717, 1.165) is 0 Å². The summed E-state index contributed by atoms with van der Waals surface area (Å²) in [6.45, 7) is -0.147. The number of methoxy groups -OCH3 is 1. The Morgan fingerprint density at radius 3 is 2.78 bits per heavy atom. The van der Waals surface area contributed by atoms with Crippen molar-refractivity contribution in [1.29, 1.82) is 0 Å². The molecule has 1 aromatic rings. The van der Waals surface area contributed by atoms with Crippen LogP contribution in [0.3, 0.4) is 0 Å². The van der Waals surface area contributed by atoms with Gasteiger partial charge in [0.25, 0.3) is 0 Å². The fourth-order valence-corrected chi connectivity index (χ4v) is 2.40. The molecule has 124 valence electrons. The number of nitrogens with zero attached hydrogens (tertiary/aromatic N) is 1. The Bertz CT molecular complexity index is 622. The van der Waals surface area contributed by atoms with Crippen LogP contribution < -0.4 is 10.2 Å². The Hall–Kier alpha value is -2.48. The lowest BCUT2D eigenvalue weighted by Gasteiger charge is -2.17. The molecule has 1 aromatic carbocycles. The fourth-order valence-electron chi connectivity index (χ4n) is 2.40. The van der Waals surface area contributed by atoms with Gasteiger partial charge >= 0.3 is 5.97 Å². The molecule has 1 aliphatic rings. The molecule has 2 amide bonds. The molecule has 23 heavy (non-hydrogen) atoms. The number of aliphatic carboxylic acids is 1. The van der Waals surface area contributed by atoms with Gasteiger partial charge in [-0.15, -0.1) is 0 Å².